The summed E-state index contributed by atoms with van der Waals surface area (Å²) in [6, 6.07) is 0. The molecule has 9 nitrogen and oxygen atoms in total. The van der Waals surface area contributed by atoms with Crippen LogP contribution in [0.15, 0.2) is 97.2 Å². The van der Waals surface area contributed by atoms with Crippen LogP contribution in [-0.2, 0) is 32.7 Å². The maximum Gasteiger partial charge on any atom is 0.472 e. The Morgan fingerprint density at radius 1 is 0.533 bits per heavy atom. The Labute approximate surface area is 366 Å². The predicted molar refractivity (Wildman–Crippen MR) is 252 cm³/mol. The van der Waals surface area contributed by atoms with Crippen molar-refractivity contribution in [3.05, 3.63) is 97.2 Å². The van der Waals surface area contributed by atoms with Crippen LogP contribution in [0.25, 0.3) is 0 Å². The molecule has 1 unspecified atom stereocenters. The lowest BCUT2D eigenvalue weighted by Gasteiger charge is -2.24. The summed E-state index contributed by atoms with van der Waals surface area (Å²) in [6.45, 7) is 4.15. The van der Waals surface area contributed by atoms with Crippen LogP contribution in [0.3, 0.4) is 0 Å². The Bertz CT molecular complexity index is 1340. The highest BCUT2D eigenvalue weighted by Gasteiger charge is 2.27. The van der Waals surface area contributed by atoms with Crippen LogP contribution in [0.2, 0.25) is 0 Å². The predicted octanol–water partition coefficient (Wildman–Crippen LogP) is 13.4. The van der Waals surface area contributed by atoms with Gasteiger partial charge in [-0.25, -0.2) is 4.57 Å². The fourth-order valence-corrected chi connectivity index (χ4v) is 6.29. The van der Waals surface area contributed by atoms with Gasteiger partial charge in [0.15, 0.2) is 6.10 Å². The summed E-state index contributed by atoms with van der Waals surface area (Å²) in [7, 11) is 1.40. The van der Waals surface area contributed by atoms with Gasteiger partial charge in [0, 0.05) is 12.8 Å². The highest BCUT2D eigenvalue weighted by atomic mass is 31.2. The van der Waals surface area contributed by atoms with Gasteiger partial charge < -0.3 is 18.9 Å². The van der Waals surface area contributed by atoms with Gasteiger partial charge in [-0.15, -0.1) is 0 Å². The third-order valence-electron chi connectivity index (χ3n) is 9.11. The van der Waals surface area contributed by atoms with Crippen molar-refractivity contribution < 1.29 is 42.1 Å². The Balaban J connectivity index is 4.54. The lowest BCUT2D eigenvalue weighted by atomic mass is 10.1. The molecule has 10 heteroatoms. The minimum absolute atomic E-state index is 0.00787. The Morgan fingerprint density at radius 3 is 1.48 bits per heavy atom. The first kappa shape index (κ1) is 56.9. The van der Waals surface area contributed by atoms with E-state index in [1.54, 1.807) is 0 Å². The van der Waals surface area contributed by atoms with Crippen molar-refractivity contribution in [2.24, 2.45) is 0 Å². The maximum atomic E-state index is 12.7. The molecule has 1 N–H and O–H groups in total. The maximum absolute atomic E-state index is 12.7. The zero-order chi connectivity index (χ0) is 44.3. The van der Waals surface area contributed by atoms with Crippen molar-refractivity contribution in [2.45, 2.75) is 161 Å². The standard InChI is InChI=1S/C50H84NO8P/c1-6-8-10-12-14-16-18-20-22-24-25-27-28-30-32-34-36-38-40-42-49(52)56-46-48(47-58-60(54,55)57-45-44-51(3,4)5)59-50(53)43-41-39-37-35-33-31-29-26-23-21-19-17-15-13-11-9-7-2/h8,10,14,16,20,22,25,27,29-32,35-38,48H,6-7,9,11-13,15,17-19,21,23-24,26,28,33-34,39-47H2,1-5H3/p+1/b10-8+,16-14+,22-20+,27-25+,31-29+,32-30+,37-35+,38-36+/t48-/m1/s1. The molecule has 0 aliphatic rings. The van der Waals surface area contributed by atoms with Crippen molar-refractivity contribution in [1.29, 1.82) is 0 Å². The number of quaternary nitrogens is 1. The van der Waals surface area contributed by atoms with Gasteiger partial charge in [0.1, 0.15) is 19.8 Å². The van der Waals surface area contributed by atoms with Gasteiger partial charge in [0.05, 0.1) is 27.7 Å². The molecule has 0 aromatic rings. The minimum atomic E-state index is -4.41. The van der Waals surface area contributed by atoms with Gasteiger partial charge in [0.2, 0.25) is 0 Å². The van der Waals surface area contributed by atoms with E-state index in [4.69, 9.17) is 18.5 Å². The molecule has 0 radical (unpaired) electrons. The zero-order valence-corrected chi connectivity index (χ0v) is 39.3. The number of unbranched alkanes of at least 4 members (excludes halogenated alkanes) is 10. The SMILES string of the molecule is CC/C=C/C/C=C/C/C=C/C/C=C/C/C=C/C/C=C/CCC(=O)OC[C@H](COP(=O)(O)OCC[N+](C)(C)C)OC(=O)CCC/C=C/C/C=C/CCCCCCCCCCC. The number of rotatable bonds is 40. The second-order valence-corrected chi connectivity index (χ2v) is 17.5. The van der Waals surface area contributed by atoms with Crippen molar-refractivity contribution in [1.82, 2.24) is 0 Å². The van der Waals surface area contributed by atoms with Crippen LogP contribution >= 0.6 is 7.82 Å². The largest absolute Gasteiger partial charge is 0.472 e. The molecule has 60 heavy (non-hydrogen) atoms. The molecule has 2 atom stereocenters. The van der Waals surface area contributed by atoms with Crippen molar-refractivity contribution in [3.63, 3.8) is 0 Å². The van der Waals surface area contributed by atoms with Gasteiger partial charge in [-0.2, -0.15) is 0 Å². The molecule has 0 bridgehead atoms. The minimum Gasteiger partial charge on any atom is -0.462 e. The Hall–Kier alpha value is -3.07. The van der Waals surface area contributed by atoms with Crippen LogP contribution in [0.4, 0.5) is 0 Å². The number of phosphoric ester groups is 1. The fraction of sp³-hybridized carbons (Fsp3) is 0.640. The number of phosphoric acid groups is 1. The lowest BCUT2D eigenvalue weighted by Crippen LogP contribution is -2.37. The second-order valence-electron chi connectivity index (χ2n) is 16.0. The van der Waals surface area contributed by atoms with E-state index in [1.165, 1.54) is 57.8 Å². The number of hydrogen-bond acceptors (Lipinski definition) is 7. The van der Waals surface area contributed by atoms with E-state index >= 15 is 0 Å². The average molecular weight is 859 g/mol. The molecule has 0 heterocycles. The summed E-state index contributed by atoms with van der Waals surface area (Å²) in [6.07, 6.45) is 54.8. The highest BCUT2D eigenvalue weighted by molar-refractivity contribution is 7.47. The summed E-state index contributed by atoms with van der Waals surface area (Å²) >= 11 is 0. The molecule has 0 aliphatic carbocycles. The summed E-state index contributed by atoms with van der Waals surface area (Å²) < 4.78 is 34.2. The van der Waals surface area contributed by atoms with Gasteiger partial charge in [0.25, 0.3) is 0 Å². The van der Waals surface area contributed by atoms with Crippen molar-refractivity contribution in [3.8, 4) is 0 Å². The first-order valence-electron chi connectivity index (χ1n) is 23.0. The summed E-state index contributed by atoms with van der Waals surface area (Å²) in [5, 5.41) is 0. The third kappa shape index (κ3) is 44.5. The molecular weight excluding hydrogens is 774 g/mol. The lowest BCUT2D eigenvalue weighted by molar-refractivity contribution is -0.870. The molecule has 0 amide bonds. The Morgan fingerprint density at radius 2 is 0.983 bits per heavy atom. The second kappa shape index (κ2) is 41.3. The zero-order valence-electron chi connectivity index (χ0n) is 38.4. The number of likely N-dealkylation sites (N-methyl/N-ethyl adjacent to an activating group) is 1. The van der Waals surface area contributed by atoms with Crippen molar-refractivity contribution >= 4 is 19.8 Å². The van der Waals surface area contributed by atoms with E-state index in [0.717, 1.165) is 57.8 Å². The number of carbonyl (C=O) groups excluding carboxylic acids is 2. The van der Waals surface area contributed by atoms with Crippen LogP contribution in [0.5, 0.6) is 0 Å². The number of esters is 2. The molecule has 0 aromatic heterocycles. The molecular formula is C50H85NO8P+. The highest BCUT2D eigenvalue weighted by Crippen LogP contribution is 2.43. The van der Waals surface area contributed by atoms with E-state index in [2.05, 4.69) is 98.9 Å². The van der Waals surface area contributed by atoms with E-state index < -0.39 is 32.5 Å². The van der Waals surface area contributed by atoms with Gasteiger partial charge in [-0.1, -0.05) is 162 Å². The number of nitrogens with zero attached hydrogens (tertiary/aromatic N) is 1. The first-order valence-corrected chi connectivity index (χ1v) is 24.5. The van der Waals surface area contributed by atoms with Crippen LogP contribution in [0, 0.1) is 0 Å². The van der Waals surface area contributed by atoms with E-state index in [-0.39, 0.29) is 26.1 Å². The quantitative estimate of drug-likeness (QED) is 0.0213. The van der Waals surface area contributed by atoms with Gasteiger partial charge >= 0.3 is 19.8 Å². The fourth-order valence-electron chi connectivity index (χ4n) is 5.55. The topological polar surface area (TPSA) is 108 Å². The molecule has 0 spiro atoms. The molecule has 0 aromatic carbocycles. The molecule has 0 saturated carbocycles. The average Bonchev–Trinajstić information content (AvgIpc) is 3.20. The molecule has 0 fully saturated rings. The van der Waals surface area contributed by atoms with Crippen LogP contribution in [0.1, 0.15) is 155 Å². The van der Waals surface area contributed by atoms with Crippen LogP contribution in [-0.4, -0.2) is 74.9 Å². The Kier molecular flexibility index (Phi) is 39.2. The van der Waals surface area contributed by atoms with E-state index in [1.807, 2.05) is 33.3 Å². The van der Waals surface area contributed by atoms with Crippen LogP contribution < -0.4 is 0 Å². The van der Waals surface area contributed by atoms with E-state index in [0.29, 0.717) is 23.9 Å². The van der Waals surface area contributed by atoms with Gasteiger partial charge in [-0.05, 0) is 77.0 Å². The number of carbonyl (C=O) groups is 2. The number of hydrogen-bond donors (Lipinski definition) is 1. The first-order chi connectivity index (χ1) is 29.0. The smallest absolute Gasteiger partial charge is 0.462 e. The summed E-state index contributed by atoms with van der Waals surface area (Å²) in [5.74, 6) is -0.958. The normalized spacial score (nSPS) is 14.4. The molecule has 0 saturated heterocycles. The summed E-state index contributed by atoms with van der Waals surface area (Å²) in [5.41, 5.74) is 0. The monoisotopic (exact) mass is 859 g/mol. The third-order valence-corrected chi connectivity index (χ3v) is 10.1. The number of allylic oxidation sites excluding steroid dienone is 16. The molecule has 342 valence electrons. The van der Waals surface area contributed by atoms with Gasteiger partial charge in [-0.3, -0.25) is 18.6 Å². The summed E-state index contributed by atoms with van der Waals surface area (Å²) in [4.78, 5) is 35.4. The van der Waals surface area contributed by atoms with Crippen molar-refractivity contribution in [2.75, 3.05) is 47.5 Å². The number of ether oxygens (including phenoxy) is 2. The molecule has 0 aliphatic heterocycles. The van der Waals surface area contributed by atoms with E-state index in [9.17, 15) is 19.0 Å². The molecule has 0 rings (SSSR count).